The summed E-state index contributed by atoms with van der Waals surface area (Å²) in [5, 5.41) is 19.3. The molecule has 136 valence electrons. The van der Waals surface area contributed by atoms with Gasteiger partial charge in [0.1, 0.15) is 22.6 Å². The third-order valence-electron chi connectivity index (χ3n) is 4.09. The fraction of sp³-hybridized carbons (Fsp3) is 0.118. The number of nitro benzene ring substituents is 1. The van der Waals surface area contributed by atoms with Crippen molar-refractivity contribution < 1.29 is 18.8 Å². The van der Waals surface area contributed by atoms with E-state index in [1.165, 1.54) is 37.1 Å². The van der Waals surface area contributed by atoms with Gasteiger partial charge in [-0.3, -0.25) is 10.1 Å². The van der Waals surface area contributed by atoms with Gasteiger partial charge in [0.2, 0.25) is 0 Å². The monoisotopic (exact) mass is 368 g/mol. The fourth-order valence-electron chi connectivity index (χ4n) is 2.79. The van der Waals surface area contributed by atoms with E-state index in [9.17, 15) is 14.9 Å². The normalized spacial score (nSPS) is 11.0. The van der Waals surface area contributed by atoms with E-state index in [4.69, 9.17) is 13.9 Å². The number of hydrogen-bond acceptors (Lipinski definition) is 8. The van der Waals surface area contributed by atoms with Crippen LogP contribution in [0, 0.1) is 10.1 Å². The van der Waals surface area contributed by atoms with Gasteiger partial charge < -0.3 is 13.9 Å². The molecule has 0 aliphatic rings. The number of rotatable bonds is 4. The Balaban J connectivity index is 1.96. The van der Waals surface area contributed by atoms with Crippen molar-refractivity contribution in [3.8, 4) is 17.2 Å². The van der Waals surface area contributed by atoms with Crippen LogP contribution in [-0.2, 0) is 0 Å². The Labute approximate surface area is 150 Å². The highest BCUT2D eigenvalue weighted by molar-refractivity contribution is 5.87. The molecule has 2 aromatic carbocycles. The first-order valence-electron chi connectivity index (χ1n) is 7.72. The maximum Gasteiger partial charge on any atom is 0.362 e. The number of nitrogens with zero attached hydrogens (tertiary/aromatic N) is 4. The standard InChI is InChI=1S/C17H12N4O6/c1-25-10-6-15(26-2)11-8-14(17(22)27-16(11)7-10)20-13-4-3-9(21(23)24)5-12(13)18-19-20/h3-8H,1-2H3. The van der Waals surface area contributed by atoms with Crippen LogP contribution < -0.4 is 15.1 Å². The second-order valence-corrected chi connectivity index (χ2v) is 5.59. The van der Waals surface area contributed by atoms with E-state index < -0.39 is 10.5 Å². The molecule has 0 fully saturated rings. The van der Waals surface area contributed by atoms with Crippen LogP contribution in [0.15, 0.2) is 45.6 Å². The van der Waals surface area contributed by atoms with Gasteiger partial charge in [-0.2, -0.15) is 0 Å². The van der Waals surface area contributed by atoms with E-state index in [0.29, 0.717) is 28.0 Å². The topological polar surface area (TPSA) is 123 Å². The van der Waals surface area contributed by atoms with Crippen molar-refractivity contribution in [3.63, 3.8) is 0 Å². The van der Waals surface area contributed by atoms with E-state index in [0.717, 1.165) is 0 Å². The van der Waals surface area contributed by atoms with Crippen molar-refractivity contribution >= 4 is 27.7 Å². The van der Waals surface area contributed by atoms with E-state index in [1.807, 2.05) is 0 Å². The van der Waals surface area contributed by atoms with E-state index in [-0.39, 0.29) is 16.9 Å². The summed E-state index contributed by atoms with van der Waals surface area (Å²) >= 11 is 0. The molecule has 27 heavy (non-hydrogen) atoms. The van der Waals surface area contributed by atoms with Crippen LogP contribution in [0.5, 0.6) is 11.5 Å². The van der Waals surface area contributed by atoms with Crippen molar-refractivity contribution in [1.29, 1.82) is 0 Å². The summed E-state index contributed by atoms with van der Waals surface area (Å²) in [6, 6.07) is 8.88. The second kappa shape index (κ2) is 6.09. The molecule has 0 aliphatic carbocycles. The summed E-state index contributed by atoms with van der Waals surface area (Å²) < 4.78 is 17.2. The summed E-state index contributed by atoms with van der Waals surface area (Å²) in [6.07, 6.45) is 0. The molecule has 2 aromatic heterocycles. The molecule has 4 rings (SSSR count). The van der Waals surface area contributed by atoms with Crippen LogP contribution in [0.3, 0.4) is 0 Å². The summed E-state index contributed by atoms with van der Waals surface area (Å²) in [5.74, 6) is 0.933. The lowest BCUT2D eigenvalue weighted by atomic mass is 10.2. The zero-order valence-corrected chi connectivity index (χ0v) is 14.2. The molecule has 2 heterocycles. The molecule has 0 spiro atoms. The molecule has 0 aliphatic heterocycles. The van der Waals surface area contributed by atoms with Gasteiger partial charge in [0.15, 0.2) is 5.69 Å². The molecular weight excluding hydrogens is 356 g/mol. The first-order valence-corrected chi connectivity index (χ1v) is 7.72. The SMILES string of the molecule is COc1cc(OC)c2cc(-n3nnc4cc([N+](=O)[O-])ccc43)c(=O)oc2c1. The van der Waals surface area contributed by atoms with Gasteiger partial charge in [0.05, 0.1) is 30.0 Å². The Hall–Kier alpha value is -3.95. The summed E-state index contributed by atoms with van der Waals surface area (Å²) in [5.41, 5.74) is 0.337. The second-order valence-electron chi connectivity index (χ2n) is 5.59. The Morgan fingerprint density at radius 3 is 2.67 bits per heavy atom. The van der Waals surface area contributed by atoms with Crippen LogP contribution in [-0.4, -0.2) is 34.1 Å². The highest BCUT2D eigenvalue weighted by Crippen LogP contribution is 2.31. The van der Waals surface area contributed by atoms with Crippen LogP contribution >= 0.6 is 0 Å². The van der Waals surface area contributed by atoms with Gasteiger partial charge >= 0.3 is 5.63 Å². The van der Waals surface area contributed by atoms with Crippen molar-refractivity contribution in [2.45, 2.75) is 0 Å². The lowest BCUT2D eigenvalue weighted by Gasteiger charge is -2.09. The largest absolute Gasteiger partial charge is 0.496 e. The predicted octanol–water partition coefficient (Wildman–Crippen LogP) is 2.45. The van der Waals surface area contributed by atoms with Gasteiger partial charge in [-0.1, -0.05) is 5.21 Å². The number of methoxy groups -OCH3 is 2. The van der Waals surface area contributed by atoms with Gasteiger partial charge in [0, 0.05) is 24.3 Å². The minimum Gasteiger partial charge on any atom is -0.496 e. The Morgan fingerprint density at radius 1 is 1.15 bits per heavy atom. The molecule has 0 unspecified atom stereocenters. The quantitative estimate of drug-likeness (QED) is 0.306. The fourth-order valence-corrected chi connectivity index (χ4v) is 2.79. The van der Waals surface area contributed by atoms with Crippen LogP contribution in [0.1, 0.15) is 0 Å². The minimum absolute atomic E-state index is 0.0994. The molecular formula is C17H12N4O6. The third kappa shape index (κ3) is 2.63. The molecule has 0 atom stereocenters. The van der Waals surface area contributed by atoms with Crippen molar-refractivity contribution in [2.24, 2.45) is 0 Å². The van der Waals surface area contributed by atoms with Crippen molar-refractivity contribution in [3.05, 3.63) is 56.9 Å². The molecule has 0 radical (unpaired) electrons. The number of hydrogen-bond donors (Lipinski definition) is 0. The molecule has 10 nitrogen and oxygen atoms in total. The zero-order valence-electron chi connectivity index (χ0n) is 14.2. The van der Waals surface area contributed by atoms with E-state index in [1.54, 1.807) is 18.2 Å². The molecule has 0 amide bonds. The number of ether oxygens (including phenoxy) is 2. The molecule has 0 N–H and O–H groups in total. The van der Waals surface area contributed by atoms with Gasteiger partial charge in [-0.05, 0) is 12.1 Å². The first-order chi connectivity index (χ1) is 13.0. The molecule has 0 saturated carbocycles. The van der Waals surface area contributed by atoms with Crippen molar-refractivity contribution in [2.75, 3.05) is 14.2 Å². The average molecular weight is 368 g/mol. The zero-order chi connectivity index (χ0) is 19.1. The molecule has 4 aromatic rings. The van der Waals surface area contributed by atoms with Crippen LogP contribution in [0.25, 0.3) is 27.7 Å². The minimum atomic E-state index is -0.650. The Bertz CT molecular complexity index is 1260. The number of fused-ring (bicyclic) bond motifs is 2. The van der Waals surface area contributed by atoms with Crippen LogP contribution in [0.2, 0.25) is 0 Å². The summed E-state index contributed by atoms with van der Waals surface area (Å²) in [7, 11) is 2.98. The maximum absolute atomic E-state index is 12.5. The van der Waals surface area contributed by atoms with E-state index >= 15 is 0 Å². The van der Waals surface area contributed by atoms with Gasteiger partial charge in [0.25, 0.3) is 5.69 Å². The number of nitro groups is 1. The van der Waals surface area contributed by atoms with Gasteiger partial charge in [-0.15, -0.1) is 5.10 Å². The smallest absolute Gasteiger partial charge is 0.362 e. The predicted molar refractivity (Wildman–Crippen MR) is 94.7 cm³/mol. The number of non-ortho nitro benzene ring substituents is 1. The molecule has 10 heteroatoms. The summed E-state index contributed by atoms with van der Waals surface area (Å²) in [4.78, 5) is 22.9. The molecule has 0 saturated heterocycles. The maximum atomic E-state index is 12.5. The summed E-state index contributed by atoms with van der Waals surface area (Å²) in [6.45, 7) is 0. The third-order valence-corrected chi connectivity index (χ3v) is 4.09. The van der Waals surface area contributed by atoms with E-state index in [2.05, 4.69) is 10.3 Å². The lowest BCUT2D eigenvalue weighted by Crippen LogP contribution is -2.11. The number of benzene rings is 2. The Morgan fingerprint density at radius 2 is 1.96 bits per heavy atom. The highest BCUT2D eigenvalue weighted by atomic mass is 16.6. The van der Waals surface area contributed by atoms with Gasteiger partial charge in [-0.25, -0.2) is 9.48 Å². The number of aromatic nitrogens is 3. The Kier molecular flexibility index (Phi) is 3.73. The average Bonchev–Trinajstić information content (AvgIpc) is 3.09. The molecule has 0 bridgehead atoms. The van der Waals surface area contributed by atoms with Crippen LogP contribution in [0.4, 0.5) is 5.69 Å². The first kappa shape index (κ1) is 16.5. The van der Waals surface area contributed by atoms with Crippen molar-refractivity contribution in [1.82, 2.24) is 15.0 Å². The highest BCUT2D eigenvalue weighted by Gasteiger charge is 2.17. The lowest BCUT2D eigenvalue weighted by molar-refractivity contribution is -0.384.